The van der Waals surface area contributed by atoms with Crippen molar-refractivity contribution in [1.29, 1.82) is 0 Å². The molecule has 0 aliphatic rings. The van der Waals surface area contributed by atoms with Crippen molar-refractivity contribution in [2.45, 2.75) is 26.3 Å². The first kappa shape index (κ1) is 11.8. The molecule has 0 fully saturated rings. The molecule has 2 aromatic heterocycles. The Morgan fingerprint density at radius 1 is 1.32 bits per heavy atom. The van der Waals surface area contributed by atoms with Gasteiger partial charge in [-0.25, -0.2) is 9.97 Å². The van der Waals surface area contributed by atoms with Crippen LogP contribution in [0.25, 0.3) is 11.1 Å². The number of nitrogens with zero attached hydrogens (tertiary/aromatic N) is 2. The molecule has 1 N–H and O–H groups in total. The van der Waals surface area contributed by atoms with Gasteiger partial charge in [0.1, 0.15) is 11.3 Å². The Morgan fingerprint density at radius 3 is 2.95 bits per heavy atom. The molecule has 19 heavy (non-hydrogen) atoms. The second-order valence-corrected chi connectivity index (χ2v) is 4.71. The molecule has 98 valence electrons. The molecule has 1 aromatic carbocycles. The molecular weight excluding hydrogens is 242 g/mol. The third-order valence-corrected chi connectivity index (χ3v) is 2.85. The van der Waals surface area contributed by atoms with E-state index in [1.54, 1.807) is 6.20 Å². The Balaban J connectivity index is 1.80. The monoisotopic (exact) mass is 257 g/mol. The largest absolute Gasteiger partial charge is 0.447 e. The van der Waals surface area contributed by atoms with Gasteiger partial charge in [0.05, 0.1) is 12.7 Å². The molecule has 5 nitrogen and oxygen atoms in total. The molecule has 0 bridgehead atoms. The van der Waals surface area contributed by atoms with Gasteiger partial charge in [0.25, 0.3) is 0 Å². The van der Waals surface area contributed by atoms with Crippen LogP contribution in [0.1, 0.15) is 31.4 Å². The van der Waals surface area contributed by atoms with E-state index in [2.05, 4.69) is 29.1 Å². The number of nitrogens with one attached hydrogen (secondary N) is 1. The fourth-order valence-electron chi connectivity index (χ4n) is 1.82. The number of rotatable bonds is 4. The topological polar surface area (TPSA) is 64.1 Å². The van der Waals surface area contributed by atoms with Crippen LogP contribution in [-0.2, 0) is 6.54 Å². The lowest BCUT2D eigenvalue weighted by Crippen LogP contribution is -1.97. The molecule has 0 aliphatic carbocycles. The van der Waals surface area contributed by atoms with E-state index >= 15 is 0 Å². The van der Waals surface area contributed by atoms with Crippen LogP contribution in [0.2, 0.25) is 0 Å². The van der Waals surface area contributed by atoms with Gasteiger partial charge in [-0.2, -0.15) is 0 Å². The molecule has 0 saturated heterocycles. The quantitative estimate of drug-likeness (QED) is 0.774. The van der Waals surface area contributed by atoms with Crippen molar-refractivity contribution in [2.24, 2.45) is 0 Å². The first-order valence-corrected chi connectivity index (χ1v) is 6.24. The zero-order valence-electron chi connectivity index (χ0n) is 10.9. The van der Waals surface area contributed by atoms with Crippen molar-refractivity contribution in [2.75, 3.05) is 5.32 Å². The van der Waals surface area contributed by atoms with Crippen molar-refractivity contribution in [1.82, 2.24) is 9.97 Å². The Kier molecular flexibility index (Phi) is 2.95. The van der Waals surface area contributed by atoms with Crippen LogP contribution >= 0.6 is 0 Å². The lowest BCUT2D eigenvalue weighted by Gasteiger charge is -2.02. The molecule has 3 aromatic rings. The molecule has 0 radical (unpaired) electrons. The van der Waals surface area contributed by atoms with Crippen LogP contribution in [-0.4, -0.2) is 9.97 Å². The lowest BCUT2D eigenvalue weighted by atomic mass is 10.2. The summed E-state index contributed by atoms with van der Waals surface area (Å²) >= 11 is 0. The molecule has 0 saturated carbocycles. The van der Waals surface area contributed by atoms with Gasteiger partial charge < -0.3 is 14.2 Å². The predicted octanol–water partition coefficient (Wildman–Crippen LogP) is 3.55. The summed E-state index contributed by atoms with van der Waals surface area (Å²) in [7, 11) is 0. The van der Waals surface area contributed by atoms with E-state index in [9.17, 15) is 0 Å². The van der Waals surface area contributed by atoms with Crippen LogP contribution in [0.15, 0.2) is 39.6 Å². The second kappa shape index (κ2) is 4.76. The summed E-state index contributed by atoms with van der Waals surface area (Å²) in [4.78, 5) is 8.35. The van der Waals surface area contributed by atoms with Crippen LogP contribution in [0.3, 0.4) is 0 Å². The predicted molar refractivity (Wildman–Crippen MR) is 71.9 cm³/mol. The highest BCUT2D eigenvalue weighted by molar-refractivity contribution is 5.77. The fourth-order valence-corrected chi connectivity index (χ4v) is 1.82. The van der Waals surface area contributed by atoms with Crippen LogP contribution < -0.4 is 5.32 Å². The Bertz CT molecular complexity index is 671. The van der Waals surface area contributed by atoms with Gasteiger partial charge in [-0.3, -0.25) is 0 Å². The van der Waals surface area contributed by atoms with Crippen LogP contribution in [0.5, 0.6) is 0 Å². The van der Waals surface area contributed by atoms with Gasteiger partial charge in [0.15, 0.2) is 17.9 Å². The lowest BCUT2D eigenvalue weighted by molar-refractivity contribution is 0.501. The average Bonchev–Trinajstić information content (AvgIpc) is 3.04. The second-order valence-electron chi connectivity index (χ2n) is 4.71. The number of benzene rings is 1. The molecule has 0 spiro atoms. The molecule has 0 unspecified atom stereocenters. The Hall–Kier alpha value is -2.30. The van der Waals surface area contributed by atoms with Crippen molar-refractivity contribution in [3.63, 3.8) is 0 Å². The Labute approximate surface area is 110 Å². The molecular formula is C14H15N3O2. The highest BCUT2D eigenvalue weighted by Gasteiger charge is 2.09. The molecule has 3 rings (SSSR count). The first-order chi connectivity index (χ1) is 9.22. The van der Waals surface area contributed by atoms with E-state index in [-0.39, 0.29) is 5.92 Å². The minimum absolute atomic E-state index is 0.290. The minimum atomic E-state index is 0.290. The van der Waals surface area contributed by atoms with Gasteiger partial charge in [-0.15, -0.1) is 0 Å². The summed E-state index contributed by atoms with van der Waals surface area (Å²) in [6.45, 7) is 4.72. The molecule has 0 amide bonds. The van der Waals surface area contributed by atoms with Crippen molar-refractivity contribution in [3.05, 3.63) is 42.4 Å². The molecule has 0 atom stereocenters. The van der Waals surface area contributed by atoms with E-state index in [4.69, 9.17) is 8.83 Å². The van der Waals surface area contributed by atoms with Gasteiger partial charge >= 0.3 is 0 Å². The van der Waals surface area contributed by atoms with E-state index in [1.165, 1.54) is 6.39 Å². The zero-order valence-corrected chi connectivity index (χ0v) is 10.9. The minimum Gasteiger partial charge on any atom is -0.447 e. The number of hydrogen-bond donors (Lipinski definition) is 1. The highest BCUT2D eigenvalue weighted by Crippen LogP contribution is 2.23. The van der Waals surface area contributed by atoms with E-state index in [0.717, 1.165) is 28.4 Å². The maximum absolute atomic E-state index is 5.67. The summed E-state index contributed by atoms with van der Waals surface area (Å²) in [6, 6.07) is 5.87. The summed E-state index contributed by atoms with van der Waals surface area (Å²) in [6.07, 6.45) is 3.12. The van der Waals surface area contributed by atoms with E-state index in [0.29, 0.717) is 6.54 Å². The summed E-state index contributed by atoms with van der Waals surface area (Å²) < 4.78 is 10.8. The summed E-state index contributed by atoms with van der Waals surface area (Å²) in [5, 5.41) is 3.26. The number of aromatic nitrogens is 2. The Morgan fingerprint density at radius 2 is 2.21 bits per heavy atom. The maximum Gasteiger partial charge on any atom is 0.198 e. The van der Waals surface area contributed by atoms with Crippen molar-refractivity contribution < 1.29 is 8.83 Å². The smallest absolute Gasteiger partial charge is 0.198 e. The van der Waals surface area contributed by atoms with E-state index < -0.39 is 0 Å². The van der Waals surface area contributed by atoms with Crippen LogP contribution in [0.4, 0.5) is 5.69 Å². The number of hydrogen-bond acceptors (Lipinski definition) is 5. The maximum atomic E-state index is 5.67. The van der Waals surface area contributed by atoms with Crippen molar-refractivity contribution >= 4 is 16.8 Å². The molecule has 0 aliphatic heterocycles. The standard InChI is InChI=1S/C14H15N3O2/c1-9(2)14-17-12-5-10(3-4-13(12)19-14)16-7-11-6-15-8-18-11/h3-6,8-9,16H,7H2,1-2H3. The van der Waals surface area contributed by atoms with E-state index in [1.807, 2.05) is 18.2 Å². The normalized spacial score (nSPS) is 11.3. The number of fused-ring (bicyclic) bond motifs is 1. The van der Waals surface area contributed by atoms with Crippen LogP contribution in [0, 0.1) is 0 Å². The first-order valence-electron chi connectivity index (χ1n) is 6.24. The van der Waals surface area contributed by atoms with Gasteiger partial charge in [0, 0.05) is 11.6 Å². The fraction of sp³-hybridized carbons (Fsp3) is 0.286. The summed E-state index contributed by atoms with van der Waals surface area (Å²) in [5.74, 6) is 1.85. The highest BCUT2D eigenvalue weighted by atomic mass is 16.3. The summed E-state index contributed by atoms with van der Waals surface area (Å²) in [5.41, 5.74) is 2.66. The van der Waals surface area contributed by atoms with Gasteiger partial charge in [-0.1, -0.05) is 13.8 Å². The van der Waals surface area contributed by atoms with Crippen molar-refractivity contribution in [3.8, 4) is 0 Å². The third-order valence-electron chi connectivity index (χ3n) is 2.85. The number of anilines is 1. The van der Waals surface area contributed by atoms with Gasteiger partial charge in [-0.05, 0) is 18.2 Å². The average molecular weight is 257 g/mol. The molecule has 5 heteroatoms. The van der Waals surface area contributed by atoms with Gasteiger partial charge in [0.2, 0.25) is 0 Å². The molecule has 2 heterocycles. The third kappa shape index (κ3) is 2.45. The SMILES string of the molecule is CC(C)c1nc2cc(NCc3cnco3)ccc2o1. The number of oxazole rings is 2. The zero-order chi connectivity index (χ0) is 13.2.